The van der Waals surface area contributed by atoms with Gasteiger partial charge in [0.1, 0.15) is 5.82 Å². The van der Waals surface area contributed by atoms with Crippen molar-refractivity contribution in [3.63, 3.8) is 0 Å². The van der Waals surface area contributed by atoms with E-state index in [1.807, 2.05) is 6.07 Å². The monoisotopic (exact) mass is 401 g/mol. The molecule has 1 heterocycles. The molecule has 3 amide bonds. The van der Waals surface area contributed by atoms with E-state index >= 15 is 0 Å². The lowest BCUT2D eigenvalue weighted by molar-refractivity contribution is -0.117. The van der Waals surface area contributed by atoms with Crippen LogP contribution >= 0.6 is 11.8 Å². The molecule has 2 N–H and O–H groups in total. The second kappa shape index (κ2) is 9.36. The predicted octanol–water partition coefficient (Wildman–Crippen LogP) is 3.26. The van der Waals surface area contributed by atoms with E-state index in [2.05, 4.69) is 10.6 Å². The van der Waals surface area contributed by atoms with Crippen LogP contribution < -0.4 is 15.5 Å². The Hall–Kier alpha value is -2.87. The number of nitrogens with zero attached hydrogens (tertiary/aromatic N) is 1. The highest BCUT2D eigenvalue weighted by atomic mass is 32.2. The third-order valence-electron chi connectivity index (χ3n) is 4.13. The number of anilines is 3. The number of rotatable bonds is 7. The molecule has 146 valence electrons. The van der Waals surface area contributed by atoms with Crippen LogP contribution in [0.3, 0.4) is 0 Å². The number of carbonyl (C=O) groups is 3. The number of benzene rings is 2. The molecule has 28 heavy (non-hydrogen) atoms. The Morgan fingerprint density at radius 3 is 2.50 bits per heavy atom. The lowest BCUT2D eigenvalue weighted by Crippen LogP contribution is -2.24. The molecule has 1 aliphatic rings. The van der Waals surface area contributed by atoms with E-state index in [1.54, 1.807) is 35.2 Å². The van der Waals surface area contributed by atoms with Crippen molar-refractivity contribution in [2.75, 3.05) is 33.6 Å². The molecule has 0 radical (unpaired) electrons. The van der Waals surface area contributed by atoms with E-state index in [-0.39, 0.29) is 34.9 Å². The van der Waals surface area contributed by atoms with Gasteiger partial charge < -0.3 is 15.5 Å². The van der Waals surface area contributed by atoms with Crippen LogP contribution in [-0.2, 0) is 14.4 Å². The second-order valence-electron chi connectivity index (χ2n) is 6.27. The normalized spacial score (nSPS) is 13.5. The lowest BCUT2D eigenvalue weighted by atomic mass is 10.2. The molecule has 2 aromatic carbocycles. The fraction of sp³-hybridized carbons (Fsp3) is 0.250. The van der Waals surface area contributed by atoms with Crippen molar-refractivity contribution >= 4 is 46.5 Å². The summed E-state index contributed by atoms with van der Waals surface area (Å²) in [7, 11) is 0. The standard InChI is InChI=1S/C20H20FN3O3S/c21-16-7-1-2-8-17(16)23-19(26)13-28-12-18(25)22-14-5-3-6-15(11-14)24-10-4-9-20(24)27/h1-3,5-8,11H,4,9-10,12-13H2,(H,22,25)(H,23,26). The molecule has 3 rings (SSSR count). The van der Waals surface area contributed by atoms with Gasteiger partial charge in [0.2, 0.25) is 17.7 Å². The smallest absolute Gasteiger partial charge is 0.234 e. The van der Waals surface area contributed by atoms with Crippen molar-refractivity contribution in [1.82, 2.24) is 0 Å². The highest BCUT2D eigenvalue weighted by Gasteiger charge is 2.21. The summed E-state index contributed by atoms with van der Waals surface area (Å²) in [5.41, 5.74) is 1.47. The molecular weight excluding hydrogens is 381 g/mol. The Bertz CT molecular complexity index is 891. The van der Waals surface area contributed by atoms with E-state index in [0.29, 0.717) is 18.7 Å². The highest BCUT2D eigenvalue weighted by molar-refractivity contribution is 8.00. The van der Waals surface area contributed by atoms with Crippen LogP contribution in [0.5, 0.6) is 0 Å². The van der Waals surface area contributed by atoms with Gasteiger partial charge in [0, 0.05) is 24.3 Å². The zero-order valence-corrected chi connectivity index (χ0v) is 15.9. The van der Waals surface area contributed by atoms with Gasteiger partial charge in [-0.15, -0.1) is 11.8 Å². The molecule has 0 spiro atoms. The average Bonchev–Trinajstić information content (AvgIpc) is 3.10. The van der Waals surface area contributed by atoms with Gasteiger partial charge in [-0.25, -0.2) is 4.39 Å². The first kappa shape index (κ1) is 19.9. The van der Waals surface area contributed by atoms with Crippen LogP contribution in [0, 0.1) is 5.82 Å². The maximum Gasteiger partial charge on any atom is 0.234 e. The summed E-state index contributed by atoms with van der Waals surface area (Å²) in [6.07, 6.45) is 1.38. The Morgan fingerprint density at radius 1 is 1.04 bits per heavy atom. The average molecular weight is 401 g/mol. The summed E-state index contributed by atoms with van der Waals surface area (Å²) in [6.45, 7) is 0.684. The van der Waals surface area contributed by atoms with Crippen molar-refractivity contribution < 1.29 is 18.8 Å². The van der Waals surface area contributed by atoms with Crippen molar-refractivity contribution in [3.8, 4) is 0 Å². The molecule has 0 bridgehead atoms. The van der Waals surface area contributed by atoms with Crippen molar-refractivity contribution in [1.29, 1.82) is 0 Å². The molecule has 2 aromatic rings. The Morgan fingerprint density at radius 2 is 1.79 bits per heavy atom. The topological polar surface area (TPSA) is 78.5 Å². The third kappa shape index (κ3) is 5.32. The van der Waals surface area contributed by atoms with Gasteiger partial charge in [0.05, 0.1) is 17.2 Å². The van der Waals surface area contributed by atoms with Crippen molar-refractivity contribution in [2.24, 2.45) is 0 Å². The molecule has 1 aliphatic heterocycles. The molecule has 0 aromatic heterocycles. The fourth-order valence-electron chi connectivity index (χ4n) is 2.86. The first-order valence-electron chi connectivity index (χ1n) is 8.85. The molecular formula is C20H20FN3O3S. The second-order valence-corrected chi connectivity index (χ2v) is 7.25. The van der Waals surface area contributed by atoms with E-state index < -0.39 is 5.82 Å². The summed E-state index contributed by atoms with van der Waals surface area (Å²) in [5, 5.41) is 5.24. The van der Waals surface area contributed by atoms with Gasteiger partial charge in [-0.3, -0.25) is 14.4 Å². The van der Waals surface area contributed by atoms with E-state index in [1.165, 1.54) is 12.1 Å². The van der Waals surface area contributed by atoms with E-state index in [9.17, 15) is 18.8 Å². The van der Waals surface area contributed by atoms with Crippen LogP contribution in [0.15, 0.2) is 48.5 Å². The van der Waals surface area contributed by atoms with E-state index in [4.69, 9.17) is 0 Å². The Kier molecular flexibility index (Phi) is 6.65. The quantitative estimate of drug-likeness (QED) is 0.747. The minimum atomic E-state index is -0.505. The highest BCUT2D eigenvalue weighted by Crippen LogP contribution is 2.24. The van der Waals surface area contributed by atoms with Crippen molar-refractivity contribution in [3.05, 3.63) is 54.3 Å². The molecule has 0 atom stereocenters. The first-order chi connectivity index (χ1) is 13.5. The zero-order chi connectivity index (χ0) is 19.9. The van der Waals surface area contributed by atoms with Crippen molar-refractivity contribution in [2.45, 2.75) is 12.8 Å². The number of para-hydroxylation sites is 1. The van der Waals surface area contributed by atoms with Crippen LogP contribution in [0.4, 0.5) is 21.5 Å². The summed E-state index contributed by atoms with van der Waals surface area (Å²) in [6, 6.07) is 13.0. The molecule has 6 nitrogen and oxygen atoms in total. The molecule has 1 fully saturated rings. The number of hydrogen-bond donors (Lipinski definition) is 2. The van der Waals surface area contributed by atoms with Gasteiger partial charge >= 0.3 is 0 Å². The number of nitrogens with one attached hydrogen (secondary N) is 2. The molecule has 8 heteroatoms. The summed E-state index contributed by atoms with van der Waals surface area (Å²) in [4.78, 5) is 37.5. The largest absolute Gasteiger partial charge is 0.325 e. The predicted molar refractivity (Wildman–Crippen MR) is 109 cm³/mol. The van der Waals surface area contributed by atoms with Gasteiger partial charge in [0.15, 0.2) is 0 Å². The molecule has 0 unspecified atom stereocenters. The fourth-order valence-corrected chi connectivity index (χ4v) is 3.47. The number of carbonyl (C=O) groups excluding carboxylic acids is 3. The maximum absolute atomic E-state index is 13.5. The van der Waals surface area contributed by atoms with Gasteiger partial charge in [-0.1, -0.05) is 18.2 Å². The third-order valence-corrected chi connectivity index (χ3v) is 5.06. The summed E-state index contributed by atoms with van der Waals surface area (Å²) in [5.74, 6) is -0.942. The number of hydrogen-bond acceptors (Lipinski definition) is 4. The van der Waals surface area contributed by atoms with Gasteiger partial charge in [0.25, 0.3) is 0 Å². The molecule has 0 saturated carbocycles. The maximum atomic E-state index is 13.5. The van der Waals surface area contributed by atoms with Crippen LogP contribution in [0.1, 0.15) is 12.8 Å². The Labute approximate surface area is 166 Å². The number of halogens is 1. The minimum Gasteiger partial charge on any atom is -0.325 e. The van der Waals surface area contributed by atoms with E-state index in [0.717, 1.165) is 23.9 Å². The summed E-state index contributed by atoms with van der Waals surface area (Å²) >= 11 is 1.13. The van der Waals surface area contributed by atoms with Crippen LogP contribution in [-0.4, -0.2) is 35.8 Å². The van der Waals surface area contributed by atoms with Gasteiger partial charge in [-0.2, -0.15) is 0 Å². The van der Waals surface area contributed by atoms with Crippen LogP contribution in [0.2, 0.25) is 0 Å². The zero-order valence-electron chi connectivity index (χ0n) is 15.1. The SMILES string of the molecule is O=C(CSCC(=O)Nc1ccccc1F)Nc1cccc(N2CCCC2=O)c1. The van der Waals surface area contributed by atoms with Gasteiger partial charge in [-0.05, 0) is 36.8 Å². The minimum absolute atomic E-state index is 0.0318. The van der Waals surface area contributed by atoms with Crippen LogP contribution in [0.25, 0.3) is 0 Å². The lowest BCUT2D eigenvalue weighted by Gasteiger charge is -2.16. The molecule has 0 aliphatic carbocycles. The molecule has 1 saturated heterocycles. The number of thioether (sulfide) groups is 1. The number of amides is 3. The Balaban J connectivity index is 1.45. The first-order valence-corrected chi connectivity index (χ1v) is 10.0. The summed E-state index contributed by atoms with van der Waals surface area (Å²) < 4.78 is 13.5.